The molecule has 2 aromatic heterocycles. The summed E-state index contributed by atoms with van der Waals surface area (Å²) < 4.78 is 0. The highest BCUT2D eigenvalue weighted by Gasteiger charge is 2.07. The Labute approximate surface area is 142 Å². The van der Waals surface area contributed by atoms with Crippen LogP contribution in [0.1, 0.15) is 18.2 Å². The fraction of sp³-hybridized carbons (Fsp3) is 0.200. The van der Waals surface area contributed by atoms with E-state index in [1.165, 1.54) is 18.3 Å². The first-order valence-electron chi connectivity index (χ1n) is 7.31. The third-order valence-electron chi connectivity index (χ3n) is 3.30. The number of nitrogens with one attached hydrogen (secondary N) is 4. The number of thiazole rings is 1. The van der Waals surface area contributed by atoms with Crippen molar-refractivity contribution >= 4 is 45.3 Å². The van der Waals surface area contributed by atoms with E-state index in [0.717, 1.165) is 35.1 Å². The molecule has 9 heteroatoms. The van der Waals surface area contributed by atoms with Gasteiger partial charge in [0.2, 0.25) is 11.9 Å². The topological polar surface area (TPSA) is 133 Å². The number of aromatic amines is 1. The summed E-state index contributed by atoms with van der Waals surface area (Å²) in [4.78, 5) is 22.8. The van der Waals surface area contributed by atoms with Crippen LogP contribution in [0.2, 0.25) is 0 Å². The SMILES string of the molecule is CC(=O)Nc1nc(CCc2ccc3nc(NC(=N)N)[nH]c3c2)cs1. The van der Waals surface area contributed by atoms with Gasteiger partial charge in [-0.15, -0.1) is 11.3 Å². The summed E-state index contributed by atoms with van der Waals surface area (Å²) in [6.07, 6.45) is 1.61. The molecule has 0 fully saturated rings. The number of fused-ring (bicyclic) bond motifs is 1. The van der Waals surface area contributed by atoms with Crippen LogP contribution in [-0.4, -0.2) is 26.8 Å². The van der Waals surface area contributed by atoms with E-state index >= 15 is 0 Å². The lowest BCUT2D eigenvalue weighted by molar-refractivity contribution is -0.114. The molecule has 0 aliphatic rings. The second-order valence-electron chi connectivity index (χ2n) is 5.30. The number of imidazole rings is 1. The van der Waals surface area contributed by atoms with Gasteiger partial charge in [-0.05, 0) is 30.5 Å². The molecule has 124 valence electrons. The molecule has 1 amide bonds. The second kappa shape index (κ2) is 6.67. The minimum atomic E-state index is -0.159. The summed E-state index contributed by atoms with van der Waals surface area (Å²) in [5.41, 5.74) is 9.09. The lowest BCUT2D eigenvalue weighted by Crippen LogP contribution is -2.21. The van der Waals surface area contributed by atoms with E-state index in [-0.39, 0.29) is 11.9 Å². The number of nitrogens with zero attached hydrogens (tertiary/aromatic N) is 2. The van der Waals surface area contributed by atoms with Crippen molar-refractivity contribution < 1.29 is 4.79 Å². The van der Waals surface area contributed by atoms with Crippen molar-refractivity contribution in [2.24, 2.45) is 5.73 Å². The van der Waals surface area contributed by atoms with Crippen molar-refractivity contribution in [2.75, 3.05) is 10.6 Å². The highest BCUT2D eigenvalue weighted by molar-refractivity contribution is 7.13. The summed E-state index contributed by atoms with van der Waals surface area (Å²) >= 11 is 1.43. The number of guanidine groups is 1. The number of aryl methyl sites for hydroxylation is 2. The molecule has 0 atom stereocenters. The molecule has 0 saturated heterocycles. The smallest absolute Gasteiger partial charge is 0.223 e. The summed E-state index contributed by atoms with van der Waals surface area (Å²) in [5, 5.41) is 15.1. The molecule has 6 N–H and O–H groups in total. The number of benzene rings is 1. The molecule has 0 saturated carbocycles. The number of H-pyrrole nitrogens is 1. The Hall–Kier alpha value is -2.94. The first kappa shape index (κ1) is 15.9. The van der Waals surface area contributed by atoms with Gasteiger partial charge in [0, 0.05) is 12.3 Å². The lowest BCUT2D eigenvalue weighted by Gasteiger charge is -2.00. The maximum atomic E-state index is 11.0. The first-order chi connectivity index (χ1) is 11.5. The highest BCUT2D eigenvalue weighted by atomic mass is 32.1. The second-order valence-corrected chi connectivity index (χ2v) is 6.16. The van der Waals surface area contributed by atoms with Gasteiger partial charge in [-0.1, -0.05) is 6.07 Å². The van der Waals surface area contributed by atoms with Crippen LogP contribution in [0, 0.1) is 5.41 Å². The standard InChI is InChI=1S/C15H17N7OS/c1-8(23)18-15-19-10(7-24-15)4-2-9-3-5-11-12(6-9)21-14(20-11)22-13(16)17/h3,5-7H,2,4H2,1H3,(H,18,19,23)(H5,16,17,20,21,22). The predicted octanol–water partition coefficient (Wildman–Crippen LogP) is 2.07. The Morgan fingerprint density at radius 3 is 2.92 bits per heavy atom. The van der Waals surface area contributed by atoms with Crippen LogP contribution in [0.3, 0.4) is 0 Å². The third-order valence-corrected chi connectivity index (χ3v) is 4.11. The van der Waals surface area contributed by atoms with Crippen molar-refractivity contribution in [3.63, 3.8) is 0 Å². The van der Waals surface area contributed by atoms with Gasteiger partial charge in [-0.3, -0.25) is 15.5 Å². The molecule has 3 aromatic rings. The molecule has 8 nitrogen and oxygen atoms in total. The fourth-order valence-corrected chi connectivity index (χ4v) is 3.09. The molecule has 0 radical (unpaired) electrons. The number of aromatic nitrogens is 3. The van der Waals surface area contributed by atoms with Crippen molar-refractivity contribution in [3.8, 4) is 0 Å². The van der Waals surface area contributed by atoms with Crippen LogP contribution in [0.4, 0.5) is 11.1 Å². The van der Waals surface area contributed by atoms with Gasteiger partial charge in [0.1, 0.15) is 0 Å². The average Bonchev–Trinajstić information content (AvgIpc) is 3.09. The molecule has 0 bridgehead atoms. The molecular formula is C15H17N7OS. The quantitative estimate of drug-likeness (QED) is 0.357. The summed E-state index contributed by atoms with van der Waals surface area (Å²) in [6, 6.07) is 5.97. The van der Waals surface area contributed by atoms with E-state index in [2.05, 4.69) is 25.6 Å². The van der Waals surface area contributed by atoms with Crippen molar-refractivity contribution in [1.29, 1.82) is 5.41 Å². The summed E-state index contributed by atoms with van der Waals surface area (Å²) in [6.45, 7) is 1.47. The molecule has 0 unspecified atom stereocenters. The van der Waals surface area contributed by atoms with Crippen molar-refractivity contribution in [2.45, 2.75) is 19.8 Å². The molecule has 3 rings (SSSR count). The van der Waals surface area contributed by atoms with Crippen LogP contribution in [0.25, 0.3) is 11.0 Å². The van der Waals surface area contributed by atoms with Crippen molar-refractivity contribution in [1.82, 2.24) is 15.0 Å². The van der Waals surface area contributed by atoms with Crippen LogP contribution in [-0.2, 0) is 17.6 Å². The zero-order valence-corrected chi connectivity index (χ0v) is 13.8. The van der Waals surface area contributed by atoms with Gasteiger partial charge in [0.05, 0.1) is 16.7 Å². The number of hydrogen-bond donors (Lipinski definition) is 5. The zero-order valence-electron chi connectivity index (χ0n) is 13.0. The maximum absolute atomic E-state index is 11.0. The van der Waals surface area contributed by atoms with Gasteiger partial charge in [-0.25, -0.2) is 9.97 Å². The van der Waals surface area contributed by atoms with E-state index in [1.807, 2.05) is 23.6 Å². The predicted molar refractivity (Wildman–Crippen MR) is 95.5 cm³/mol. The van der Waals surface area contributed by atoms with Gasteiger partial charge < -0.3 is 16.0 Å². The molecule has 2 heterocycles. The Bertz CT molecular complexity index is 898. The number of anilines is 2. The Morgan fingerprint density at radius 2 is 2.17 bits per heavy atom. The zero-order chi connectivity index (χ0) is 17.1. The maximum Gasteiger partial charge on any atom is 0.223 e. The van der Waals surface area contributed by atoms with Crippen LogP contribution < -0.4 is 16.4 Å². The van der Waals surface area contributed by atoms with E-state index in [0.29, 0.717) is 11.1 Å². The number of hydrogen-bond acceptors (Lipinski definition) is 5. The normalized spacial score (nSPS) is 10.7. The van der Waals surface area contributed by atoms with Gasteiger partial charge in [-0.2, -0.15) is 0 Å². The molecule has 0 spiro atoms. The summed E-state index contributed by atoms with van der Waals surface area (Å²) in [5.74, 6) is 0.178. The number of rotatable bonds is 5. The van der Waals surface area contributed by atoms with Crippen LogP contribution in [0.15, 0.2) is 23.6 Å². The van der Waals surface area contributed by atoms with Crippen LogP contribution in [0.5, 0.6) is 0 Å². The van der Waals surface area contributed by atoms with Crippen LogP contribution >= 0.6 is 11.3 Å². The first-order valence-corrected chi connectivity index (χ1v) is 8.19. The van der Waals surface area contributed by atoms with E-state index < -0.39 is 0 Å². The fourth-order valence-electron chi connectivity index (χ4n) is 2.30. The lowest BCUT2D eigenvalue weighted by atomic mass is 10.1. The molecule has 1 aromatic carbocycles. The van der Waals surface area contributed by atoms with E-state index in [4.69, 9.17) is 11.1 Å². The molecular weight excluding hydrogens is 326 g/mol. The Kier molecular flexibility index (Phi) is 4.43. The summed E-state index contributed by atoms with van der Waals surface area (Å²) in [7, 11) is 0. The number of carbonyl (C=O) groups is 1. The number of amides is 1. The minimum absolute atomic E-state index is 0.115. The monoisotopic (exact) mass is 343 g/mol. The average molecular weight is 343 g/mol. The van der Waals surface area contributed by atoms with Gasteiger partial charge in [0.15, 0.2) is 11.1 Å². The van der Waals surface area contributed by atoms with E-state index in [9.17, 15) is 4.79 Å². The molecule has 0 aliphatic heterocycles. The Balaban J connectivity index is 1.67. The van der Waals surface area contributed by atoms with E-state index in [1.54, 1.807) is 0 Å². The van der Waals surface area contributed by atoms with Crippen molar-refractivity contribution in [3.05, 3.63) is 34.8 Å². The van der Waals surface area contributed by atoms with Gasteiger partial charge in [0.25, 0.3) is 0 Å². The van der Waals surface area contributed by atoms with Gasteiger partial charge >= 0.3 is 0 Å². The Morgan fingerprint density at radius 1 is 1.33 bits per heavy atom. The number of carbonyl (C=O) groups excluding carboxylic acids is 1. The highest BCUT2D eigenvalue weighted by Crippen LogP contribution is 2.19. The largest absolute Gasteiger partial charge is 0.370 e. The molecule has 24 heavy (non-hydrogen) atoms. The minimum Gasteiger partial charge on any atom is -0.370 e. The number of nitrogens with two attached hydrogens (primary N) is 1. The third kappa shape index (κ3) is 3.87. The molecule has 0 aliphatic carbocycles.